The lowest BCUT2D eigenvalue weighted by molar-refractivity contribution is -0.287. The van der Waals surface area contributed by atoms with Gasteiger partial charge in [0.1, 0.15) is 5.75 Å². The number of methoxy groups -OCH3 is 1. The zero-order chi connectivity index (χ0) is 23.0. The molecule has 2 aromatic heterocycles. The van der Waals surface area contributed by atoms with E-state index in [4.69, 9.17) is 4.74 Å². The summed E-state index contributed by atoms with van der Waals surface area (Å²) in [7, 11) is -0.398. The Hall–Kier alpha value is -3.03. The van der Waals surface area contributed by atoms with E-state index in [1.807, 2.05) is 0 Å². The molecule has 31 heavy (non-hydrogen) atoms. The van der Waals surface area contributed by atoms with Crippen molar-refractivity contribution in [3.05, 3.63) is 35.7 Å². The summed E-state index contributed by atoms with van der Waals surface area (Å²) in [6, 6.07) is 2.79. The number of aromatic nitrogens is 3. The van der Waals surface area contributed by atoms with E-state index in [2.05, 4.69) is 24.4 Å². The van der Waals surface area contributed by atoms with Crippen molar-refractivity contribution in [2.45, 2.75) is 30.6 Å². The Bertz CT molecular complexity index is 1080. The quantitative estimate of drug-likeness (QED) is 0.540. The molecular formula is C17H13F6N3O4S. The summed E-state index contributed by atoms with van der Waals surface area (Å²) in [5.41, 5.74) is 0.789. The molecule has 3 rings (SSSR count). The summed E-state index contributed by atoms with van der Waals surface area (Å²) in [5.74, 6) is -2.10. The van der Waals surface area contributed by atoms with Gasteiger partial charge in [0.2, 0.25) is 0 Å². The van der Waals surface area contributed by atoms with E-state index in [1.54, 1.807) is 13.0 Å². The molecular weight excluding hydrogens is 456 g/mol. The minimum absolute atomic E-state index is 0.131. The van der Waals surface area contributed by atoms with Crippen LogP contribution < -0.4 is 14.2 Å². The van der Waals surface area contributed by atoms with Gasteiger partial charge in [0.05, 0.1) is 40.4 Å². The highest BCUT2D eigenvalue weighted by Crippen LogP contribution is 2.38. The Kier molecular flexibility index (Phi) is 6.02. The van der Waals surface area contributed by atoms with Gasteiger partial charge in [-0.25, -0.2) is 4.98 Å². The minimum atomic E-state index is -5.27. The van der Waals surface area contributed by atoms with Gasteiger partial charge in [0.15, 0.2) is 16.7 Å². The molecule has 168 valence electrons. The average Bonchev–Trinajstić information content (AvgIpc) is 3.04. The van der Waals surface area contributed by atoms with Crippen molar-refractivity contribution in [2.24, 2.45) is 0 Å². The average molecular weight is 469 g/mol. The third-order valence-corrected chi connectivity index (χ3v) is 4.98. The van der Waals surface area contributed by atoms with Crippen molar-refractivity contribution in [2.75, 3.05) is 7.11 Å². The maximum Gasteiger partial charge on any atom is 0.573 e. The molecule has 2 heterocycles. The number of nitrogens with one attached hydrogen (secondary N) is 1. The molecule has 0 amide bonds. The van der Waals surface area contributed by atoms with Crippen LogP contribution in [0.4, 0.5) is 26.3 Å². The fourth-order valence-electron chi connectivity index (χ4n) is 2.56. The van der Waals surface area contributed by atoms with E-state index < -0.39 is 35.0 Å². The van der Waals surface area contributed by atoms with Crippen molar-refractivity contribution in [1.29, 1.82) is 0 Å². The summed E-state index contributed by atoms with van der Waals surface area (Å²) < 4.78 is 100. The largest absolute Gasteiger partial charge is 0.573 e. The van der Waals surface area contributed by atoms with Gasteiger partial charge in [-0.3, -0.25) is 9.19 Å². The van der Waals surface area contributed by atoms with Crippen LogP contribution in [0.3, 0.4) is 0 Å². The molecule has 0 aliphatic carbocycles. The molecule has 1 unspecified atom stereocenters. The summed E-state index contributed by atoms with van der Waals surface area (Å²) >= 11 is 0. The Morgan fingerprint density at radius 2 is 1.61 bits per heavy atom. The van der Waals surface area contributed by atoms with E-state index in [0.717, 1.165) is 5.56 Å². The minimum Gasteiger partial charge on any atom is -0.496 e. The fourth-order valence-corrected chi connectivity index (χ4v) is 3.55. The zero-order valence-electron chi connectivity index (χ0n) is 15.7. The predicted octanol–water partition coefficient (Wildman–Crippen LogP) is 4.38. The number of aryl methyl sites for hydroxylation is 1. The van der Waals surface area contributed by atoms with E-state index in [9.17, 15) is 30.6 Å². The number of benzene rings is 1. The van der Waals surface area contributed by atoms with Crippen LogP contribution in [0.25, 0.3) is 11.0 Å². The third kappa shape index (κ3) is 5.77. The topological polar surface area (TPSA) is 86.3 Å². The van der Waals surface area contributed by atoms with Gasteiger partial charge in [-0.1, -0.05) is 0 Å². The molecule has 7 nitrogen and oxygen atoms in total. The first kappa shape index (κ1) is 22.7. The van der Waals surface area contributed by atoms with E-state index in [-0.39, 0.29) is 21.9 Å². The molecule has 0 aliphatic heterocycles. The van der Waals surface area contributed by atoms with Crippen molar-refractivity contribution in [1.82, 2.24) is 15.0 Å². The number of ether oxygens (including phenoxy) is 3. The SMILES string of the molecule is COc1cc(CS(=O)c2nc3cc(OC(F)(F)F)c(OC(F)(F)F)cc3[nH]2)ncc1C. The number of nitrogens with zero attached hydrogens (tertiary/aromatic N) is 2. The number of aromatic amines is 1. The highest BCUT2D eigenvalue weighted by molar-refractivity contribution is 7.84. The Morgan fingerprint density at radius 1 is 1.00 bits per heavy atom. The van der Waals surface area contributed by atoms with Gasteiger partial charge < -0.3 is 19.2 Å². The predicted molar refractivity (Wildman–Crippen MR) is 95.1 cm³/mol. The summed E-state index contributed by atoms with van der Waals surface area (Å²) in [6.45, 7) is 1.76. The number of H-pyrrole nitrogens is 1. The van der Waals surface area contributed by atoms with Gasteiger partial charge in [-0.15, -0.1) is 26.3 Å². The van der Waals surface area contributed by atoms with Crippen LogP contribution >= 0.6 is 0 Å². The second-order valence-corrected chi connectivity index (χ2v) is 7.46. The van der Waals surface area contributed by atoms with Crippen LogP contribution in [0.5, 0.6) is 17.2 Å². The molecule has 0 saturated carbocycles. The maximum atomic E-state index is 12.6. The van der Waals surface area contributed by atoms with E-state index >= 15 is 0 Å². The van der Waals surface area contributed by atoms with Crippen molar-refractivity contribution < 1.29 is 44.8 Å². The number of fused-ring (bicyclic) bond motifs is 1. The van der Waals surface area contributed by atoms with Gasteiger partial charge in [0, 0.05) is 30.0 Å². The smallest absolute Gasteiger partial charge is 0.496 e. The van der Waals surface area contributed by atoms with Crippen LogP contribution in [0.1, 0.15) is 11.3 Å². The number of alkyl halides is 6. The highest BCUT2D eigenvalue weighted by Gasteiger charge is 2.37. The molecule has 1 aromatic carbocycles. The molecule has 0 bridgehead atoms. The van der Waals surface area contributed by atoms with Crippen LogP contribution in [0.2, 0.25) is 0 Å². The van der Waals surface area contributed by atoms with Crippen LogP contribution in [0, 0.1) is 6.92 Å². The standard InChI is InChI=1S/C17H13F6N3O4S/c1-8-6-24-9(3-12(8)28-2)7-31(27)15-25-10-4-13(29-16(18,19)20)14(5-11(10)26-15)30-17(21,22)23/h3-6H,7H2,1-2H3,(H,25,26). The number of rotatable bonds is 6. The Morgan fingerprint density at radius 3 is 2.19 bits per heavy atom. The maximum absolute atomic E-state index is 12.6. The first-order valence-electron chi connectivity index (χ1n) is 8.28. The van der Waals surface area contributed by atoms with Gasteiger partial charge in [0.25, 0.3) is 0 Å². The summed E-state index contributed by atoms with van der Waals surface area (Å²) in [6.07, 6.45) is -9.03. The highest BCUT2D eigenvalue weighted by atomic mass is 32.2. The molecule has 3 aromatic rings. The Labute approximate surface area is 172 Å². The zero-order valence-corrected chi connectivity index (χ0v) is 16.5. The Balaban J connectivity index is 1.94. The van der Waals surface area contributed by atoms with Gasteiger partial charge in [-0.05, 0) is 6.92 Å². The molecule has 1 atom stereocenters. The number of pyridine rings is 1. The second kappa shape index (κ2) is 8.24. The number of halogens is 6. The van der Waals surface area contributed by atoms with Crippen LogP contribution in [-0.4, -0.2) is 39.0 Å². The molecule has 0 aliphatic rings. The van der Waals surface area contributed by atoms with Gasteiger partial charge in [-0.2, -0.15) is 0 Å². The molecule has 0 spiro atoms. The number of hydrogen-bond acceptors (Lipinski definition) is 6. The molecule has 1 N–H and O–H groups in total. The molecule has 0 fully saturated rings. The monoisotopic (exact) mass is 469 g/mol. The second-order valence-electron chi connectivity index (χ2n) is 6.09. The summed E-state index contributed by atoms with van der Waals surface area (Å²) in [5, 5.41) is -0.182. The van der Waals surface area contributed by atoms with Crippen LogP contribution in [-0.2, 0) is 16.6 Å². The number of imidazole rings is 1. The van der Waals surface area contributed by atoms with Gasteiger partial charge >= 0.3 is 12.7 Å². The lowest BCUT2D eigenvalue weighted by Crippen LogP contribution is -2.21. The van der Waals surface area contributed by atoms with E-state index in [1.165, 1.54) is 13.3 Å². The molecule has 14 heteroatoms. The van der Waals surface area contributed by atoms with Crippen molar-refractivity contribution in [3.8, 4) is 17.2 Å². The first-order valence-corrected chi connectivity index (χ1v) is 9.59. The normalized spacial score (nSPS) is 13.3. The molecule has 0 saturated heterocycles. The molecule has 0 radical (unpaired) electrons. The first-order chi connectivity index (χ1) is 14.3. The van der Waals surface area contributed by atoms with Crippen LogP contribution in [0.15, 0.2) is 29.6 Å². The van der Waals surface area contributed by atoms with E-state index in [0.29, 0.717) is 23.6 Å². The fraction of sp³-hybridized carbons (Fsp3) is 0.294. The van der Waals surface area contributed by atoms with Crippen molar-refractivity contribution in [3.63, 3.8) is 0 Å². The van der Waals surface area contributed by atoms with Crippen molar-refractivity contribution >= 4 is 21.8 Å². The number of hydrogen-bond donors (Lipinski definition) is 1. The lowest BCUT2D eigenvalue weighted by Gasteiger charge is -2.15. The third-order valence-electron chi connectivity index (χ3n) is 3.80. The summed E-state index contributed by atoms with van der Waals surface area (Å²) in [4.78, 5) is 10.5. The lowest BCUT2D eigenvalue weighted by atomic mass is 10.2.